The molecular formula is C19H13N3O2. The maximum atomic E-state index is 12.5. The van der Waals surface area contributed by atoms with Crippen LogP contribution in [0.25, 0.3) is 16.9 Å². The van der Waals surface area contributed by atoms with Crippen molar-refractivity contribution in [3.05, 3.63) is 84.2 Å². The molecule has 4 aromatic rings. The number of hydrogen-bond acceptors (Lipinski definition) is 4. The molecule has 4 rings (SSSR count). The van der Waals surface area contributed by atoms with Gasteiger partial charge in [0.1, 0.15) is 5.75 Å². The van der Waals surface area contributed by atoms with E-state index in [4.69, 9.17) is 0 Å². The average Bonchev–Trinajstić information content (AvgIpc) is 3.05. The molecule has 0 atom stereocenters. The van der Waals surface area contributed by atoms with Crippen molar-refractivity contribution in [2.24, 2.45) is 0 Å². The highest BCUT2D eigenvalue weighted by molar-refractivity contribution is 6.10. The van der Waals surface area contributed by atoms with Gasteiger partial charge in [0.2, 0.25) is 0 Å². The molecule has 0 fully saturated rings. The van der Waals surface area contributed by atoms with Gasteiger partial charge < -0.3 is 5.11 Å². The zero-order chi connectivity index (χ0) is 16.5. The number of aromatic nitrogens is 3. The zero-order valence-electron chi connectivity index (χ0n) is 12.6. The lowest BCUT2D eigenvalue weighted by Crippen LogP contribution is -2.04. The monoisotopic (exact) mass is 315 g/mol. The van der Waals surface area contributed by atoms with Crippen molar-refractivity contribution < 1.29 is 9.90 Å². The summed E-state index contributed by atoms with van der Waals surface area (Å²) in [5, 5.41) is 14.3. The van der Waals surface area contributed by atoms with Gasteiger partial charge in [-0.2, -0.15) is 5.10 Å². The molecule has 2 heterocycles. The van der Waals surface area contributed by atoms with Crippen LogP contribution in [0.15, 0.2) is 73.1 Å². The predicted octanol–water partition coefficient (Wildman–Crippen LogP) is 3.33. The number of carbonyl (C=O) groups excluding carboxylic acids is 1. The molecule has 5 nitrogen and oxygen atoms in total. The fraction of sp³-hybridized carbons (Fsp3) is 0. The quantitative estimate of drug-likeness (QED) is 0.589. The Morgan fingerprint density at radius 2 is 1.75 bits per heavy atom. The molecular weight excluding hydrogens is 302 g/mol. The second kappa shape index (κ2) is 5.62. The second-order valence-electron chi connectivity index (χ2n) is 5.39. The number of phenols is 1. The molecule has 0 aliphatic carbocycles. The Labute approximate surface area is 137 Å². The number of nitrogens with zero attached hydrogens (tertiary/aromatic N) is 3. The maximum absolute atomic E-state index is 12.5. The van der Waals surface area contributed by atoms with Gasteiger partial charge in [-0.3, -0.25) is 4.79 Å². The molecule has 2 aromatic heterocycles. The molecule has 0 radical (unpaired) electrons. The van der Waals surface area contributed by atoms with Gasteiger partial charge >= 0.3 is 0 Å². The summed E-state index contributed by atoms with van der Waals surface area (Å²) in [6.07, 6.45) is 3.13. The van der Waals surface area contributed by atoms with E-state index in [0.717, 1.165) is 11.3 Å². The number of phenolic OH excluding ortho intramolecular Hbond substituents is 1. The lowest BCUT2D eigenvalue weighted by molar-refractivity contribution is 0.103. The number of ketones is 1. The van der Waals surface area contributed by atoms with Crippen LogP contribution in [-0.2, 0) is 0 Å². The Morgan fingerprint density at radius 3 is 2.54 bits per heavy atom. The number of benzene rings is 2. The van der Waals surface area contributed by atoms with E-state index in [2.05, 4.69) is 10.1 Å². The van der Waals surface area contributed by atoms with Crippen LogP contribution in [0.2, 0.25) is 0 Å². The first-order chi connectivity index (χ1) is 11.7. The molecule has 0 aliphatic heterocycles. The minimum atomic E-state index is -0.292. The summed E-state index contributed by atoms with van der Waals surface area (Å²) in [5.74, 6) is -0.340. The molecule has 0 spiro atoms. The molecule has 0 aliphatic rings. The van der Waals surface area contributed by atoms with Crippen LogP contribution >= 0.6 is 0 Å². The third-order valence-electron chi connectivity index (χ3n) is 3.79. The molecule has 116 valence electrons. The van der Waals surface area contributed by atoms with Gasteiger partial charge in [-0.25, -0.2) is 9.50 Å². The van der Waals surface area contributed by atoms with Gasteiger partial charge in [0.25, 0.3) is 0 Å². The summed E-state index contributed by atoms with van der Waals surface area (Å²) in [6, 6.07) is 18.1. The van der Waals surface area contributed by atoms with E-state index in [-0.39, 0.29) is 17.1 Å². The molecule has 24 heavy (non-hydrogen) atoms. The SMILES string of the molecule is O=C(c1cnc2cc(-c3ccccc3)nn2c1)c1ccccc1O. The van der Waals surface area contributed by atoms with Gasteiger partial charge in [-0.05, 0) is 12.1 Å². The van der Waals surface area contributed by atoms with E-state index in [9.17, 15) is 9.90 Å². The van der Waals surface area contributed by atoms with Crippen molar-refractivity contribution in [2.45, 2.75) is 0 Å². The molecule has 5 heteroatoms. The van der Waals surface area contributed by atoms with Crippen LogP contribution in [0, 0.1) is 0 Å². The van der Waals surface area contributed by atoms with Crippen molar-refractivity contribution in [2.75, 3.05) is 0 Å². The Kier molecular flexibility index (Phi) is 3.31. The Bertz CT molecular complexity index is 1040. The standard InChI is InChI=1S/C19H13N3O2/c23-17-9-5-4-8-15(17)19(24)14-11-20-18-10-16(21-22(18)12-14)13-6-2-1-3-7-13/h1-12,23H. The molecule has 0 amide bonds. The highest BCUT2D eigenvalue weighted by Crippen LogP contribution is 2.21. The summed E-state index contributed by atoms with van der Waals surface area (Å²) in [4.78, 5) is 16.8. The summed E-state index contributed by atoms with van der Waals surface area (Å²) < 4.78 is 1.58. The highest BCUT2D eigenvalue weighted by Gasteiger charge is 2.15. The van der Waals surface area contributed by atoms with Crippen LogP contribution in [0.1, 0.15) is 15.9 Å². The first-order valence-corrected chi connectivity index (χ1v) is 7.46. The van der Waals surface area contributed by atoms with Gasteiger partial charge in [-0.1, -0.05) is 42.5 Å². The molecule has 0 unspecified atom stereocenters. The second-order valence-corrected chi connectivity index (χ2v) is 5.39. The Balaban J connectivity index is 1.76. The number of para-hydroxylation sites is 1. The normalized spacial score (nSPS) is 10.8. The fourth-order valence-electron chi connectivity index (χ4n) is 2.57. The van der Waals surface area contributed by atoms with Crippen LogP contribution in [0.5, 0.6) is 5.75 Å². The number of aromatic hydroxyl groups is 1. The number of carbonyl (C=O) groups is 1. The van der Waals surface area contributed by atoms with Gasteiger partial charge in [0.05, 0.1) is 16.8 Å². The summed E-state index contributed by atoms with van der Waals surface area (Å²) in [7, 11) is 0. The molecule has 2 aromatic carbocycles. The first kappa shape index (κ1) is 14.1. The number of hydrogen-bond donors (Lipinski definition) is 1. The van der Waals surface area contributed by atoms with Gasteiger partial charge in [0, 0.05) is 24.0 Å². The largest absolute Gasteiger partial charge is 0.507 e. The van der Waals surface area contributed by atoms with Crippen molar-refractivity contribution >= 4 is 11.4 Å². The Hall–Kier alpha value is -3.47. The summed E-state index contributed by atoms with van der Waals surface area (Å²) in [6.45, 7) is 0. The van der Waals surface area contributed by atoms with Gasteiger partial charge in [-0.15, -0.1) is 0 Å². The summed E-state index contributed by atoms with van der Waals surface area (Å²) in [5.41, 5.74) is 3.04. The van der Waals surface area contributed by atoms with E-state index in [0.29, 0.717) is 11.2 Å². The smallest absolute Gasteiger partial charge is 0.199 e. The lowest BCUT2D eigenvalue weighted by atomic mass is 10.1. The summed E-state index contributed by atoms with van der Waals surface area (Å²) >= 11 is 0. The Morgan fingerprint density at radius 1 is 1.00 bits per heavy atom. The van der Waals surface area contributed by atoms with E-state index in [1.54, 1.807) is 28.9 Å². The van der Waals surface area contributed by atoms with E-state index >= 15 is 0 Å². The van der Waals surface area contributed by atoms with Gasteiger partial charge in [0.15, 0.2) is 11.4 Å². The van der Waals surface area contributed by atoms with Crippen molar-refractivity contribution in [1.82, 2.24) is 14.6 Å². The lowest BCUT2D eigenvalue weighted by Gasteiger charge is -2.03. The average molecular weight is 315 g/mol. The number of rotatable bonds is 3. The third-order valence-corrected chi connectivity index (χ3v) is 3.79. The highest BCUT2D eigenvalue weighted by atomic mass is 16.3. The molecule has 0 saturated carbocycles. The van der Waals surface area contributed by atoms with Crippen LogP contribution in [0.4, 0.5) is 0 Å². The topological polar surface area (TPSA) is 67.5 Å². The predicted molar refractivity (Wildman–Crippen MR) is 90.0 cm³/mol. The van der Waals surface area contributed by atoms with Crippen LogP contribution in [-0.4, -0.2) is 25.5 Å². The number of fused-ring (bicyclic) bond motifs is 1. The zero-order valence-corrected chi connectivity index (χ0v) is 12.6. The minimum Gasteiger partial charge on any atom is -0.507 e. The van der Waals surface area contributed by atoms with Crippen molar-refractivity contribution in [3.8, 4) is 17.0 Å². The van der Waals surface area contributed by atoms with E-state index in [1.807, 2.05) is 36.4 Å². The molecule has 0 saturated heterocycles. The third kappa shape index (κ3) is 2.42. The first-order valence-electron chi connectivity index (χ1n) is 7.46. The van der Waals surface area contributed by atoms with Crippen molar-refractivity contribution in [1.29, 1.82) is 0 Å². The maximum Gasteiger partial charge on any atom is 0.199 e. The van der Waals surface area contributed by atoms with E-state index in [1.165, 1.54) is 12.3 Å². The minimum absolute atomic E-state index is 0.0481. The van der Waals surface area contributed by atoms with Crippen LogP contribution in [0.3, 0.4) is 0 Å². The van der Waals surface area contributed by atoms with Crippen LogP contribution < -0.4 is 0 Å². The van der Waals surface area contributed by atoms with Crippen molar-refractivity contribution in [3.63, 3.8) is 0 Å². The molecule has 1 N–H and O–H groups in total. The molecule has 0 bridgehead atoms. The fourth-order valence-corrected chi connectivity index (χ4v) is 2.57. The van der Waals surface area contributed by atoms with E-state index < -0.39 is 0 Å².